The quantitative estimate of drug-likeness (QED) is 0.257. The predicted molar refractivity (Wildman–Crippen MR) is 142 cm³/mol. The molecule has 5 aromatic rings. The lowest BCUT2D eigenvalue weighted by atomic mass is 10.0. The summed E-state index contributed by atoms with van der Waals surface area (Å²) in [5.74, 6) is 0.959. The largest absolute Gasteiger partial charge is 0.351 e. The summed E-state index contributed by atoms with van der Waals surface area (Å²) >= 11 is 7.87. The van der Waals surface area contributed by atoms with E-state index < -0.39 is 0 Å². The van der Waals surface area contributed by atoms with E-state index in [0.29, 0.717) is 38.5 Å². The van der Waals surface area contributed by atoms with Crippen LogP contribution >= 0.6 is 22.9 Å². The smallest absolute Gasteiger partial charge is 0.268 e. The number of carbonyl (C=O) groups excluding carboxylic acids is 2. The van der Waals surface area contributed by atoms with Gasteiger partial charge in [-0.05, 0) is 43.2 Å². The number of amides is 1. The highest BCUT2D eigenvalue weighted by molar-refractivity contribution is 7.15. The zero-order valence-corrected chi connectivity index (χ0v) is 21.6. The molecule has 182 valence electrons. The number of aromatic amines is 1. The summed E-state index contributed by atoms with van der Waals surface area (Å²) < 4.78 is 1.84. The minimum absolute atomic E-state index is 0.143. The fourth-order valence-electron chi connectivity index (χ4n) is 4.04. The second-order valence-electron chi connectivity index (χ2n) is 8.78. The number of aryl methyl sites for hydroxylation is 1. The van der Waals surface area contributed by atoms with Gasteiger partial charge in [0.25, 0.3) is 5.91 Å². The van der Waals surface area contributed by atoms with Gasteiger partial charge >= 0.3 is 0 Å². The lowest BCUT2D eigenvalue weighted by Crippen LogP contribution is -2.25. The Hall–Kier alpha value is -3.75. The molecule has 7 nitrogen and oxygen atoms in total. The molecule has 2 aromatic carbocycles. The van der Waals surface area contributed by atoms with Gasteiger partial charge in [0.05, 0.1) is 17.1 Å². The summed E-state index contributed by atoms with van der Waals surface area (Å²) in [4.78, 5) is 30.6. The average molecular weight is 518 g/mol. The zero-order valence-electron chi connectivity index (χ0n) is 20.0. The van der Waals surface area contributed by atoms with Crippen LogP contribution in [0.1, 0.15) is 62.7 Å². The van der Waals surface area contributed by atoms with Gasteiger partial charge in [0.1, 0.15) is 16.5 Å². The molecule has 2 N–H and O–H groups in total. The maximum absolute atomic E-state index is 13.6. The molecule has 36 heavy (non-hydrogen) atoms. The molecular formula is C27H24ClN5O2S. The standard InChI is InChI=1S/C27H24ClN5O2S/c1-15(2)23-13-19(25(34)18-9-5-6-10-20(18)28)27(36-23)33-16(3)31-32-24(33)14-29-26(35)22-12-17-8-4-7-11-21(17)30-22/h4-13,15,30H,14H2,1-3H3,(H,29,35). The molecule has 3 aromatic heterocycles. The van der Waals surface area contributed by atoms with Gasteiger partial charge in [-0.15, -0.1) is 21.5 Å². The van der Waals surface area contributed by atoms with Gasteiger partial charge in [0.15, 0.2) is 11.6 Å². The third-order valence-electron chi connectivity index (χ3n) is 5.94. The molecule has 5 rings (SSSR count). The Morgan fingerprint density at radius 3 is 2.56 bits per heavy atom. The molecule has 0 aliphatic heterocycles. The number of carbonyl (C=O) groups is 2. The minimum atomic E-state index is -0.250. The van der Waals surface area contributed by atoms with Gasteiger partial charge in [-0.3, -0.25) is 14.2 Å². The molecule has 0 aliphatic carbocycles. The van der Waals surface area contributed by atoms with E-state index in [1.54, 1.807) is 24.3 Å². The molecular weight excluding hydrogens is 494 g/mol. The average Bonchev–Trinajstić information content (AvgIpc) is 3.58. The number of fused-ring (bicyclic) bond motifs is 1. The van der Waals surface area contributed by atoms with Crippen molar-refractivity contribution in [3.05, 3.63) is 99.0 Å². The number of ketones is 1. The zero-order chi connectivity index (χ0) is 25.4. The first-order valence-electron chi connectivity index (χ1n) is 11.5. The molecule has 0 unspecified atom stereocenters. The highest BCUT2D eigenvalue weighted by Crippen LogP contribution is 2.35. The first-order valence-corrected chi connectivity index (χ1v) is 12.7. The van der Waals surface area contributed by atoms with Crippen LogP contribution in [0.4, 0.5) is 0 Å². The van der Waals surface area contributed by atoms with Gasteiger partial charge in [-0.1, -0.05) is 55.8 Å². The molecule has 0 fully saturated rings. The van der Waals surface area contributed by atoms with Crippen LogP contribution in [0.5, 0.6) is 0 Å². The van der Waals surface area contributed by atoms with E-state index in [-0.39, 0.29) is 24.2 Å². The van der Waals surface area contributed by atoms with Crippen molar-refractivity contribution < 1.29 is 9.59 Å². The van der Waals surface area contributed by atoms with Crippen molar-refractivity contribution in [3.63, 3.8) is 0 Å². The van der Waals surface area contributed by atoms with Gasteiger partial charge in [-0.25, -0.2) is 0 Å². The number of rotatable bonds is 7. The second kappa shape index (κ2) is 9.72. The molecule has 1 amide bonds. The van der Waals surface area contributed by atoms with Crippen LogP contribution in [0.25, 0.3) is 15.9 Å². The third kappa shape index (κ3) is 4.45. The van der Waals surface area contributed by atoms with Gasteiger partial charge in [0, 0.05) is 21.3 Å². The molecule has 0 spiro atoms. The summed E-state index contributed by atoms with van der Waals surface area (Å²) in [6.07, 6.45) is 0. The van der Waals surface area contributed by atoms with E-state index in [2.05, 4.69) is 34.3 Å². The van der Waals surface area contributed by atoms with E-state index in [0.717, 1.165) is 15.8 Å². The van der Waals surface area contributed by atoms with Crippen molar-refractivity contribution in [1.29, 1.82) is 0 Å². The highest BCUT2D eigenvalue weighted by Gasteiger charge is 2.25. The van der Waals surface area contributed by atoms with E-state index in [9.17, 15) is 9.59 Å². The van der Waals surface area contributed by atoms with E-state index in [1.165, 1.54) is 11.3 Å². The molecule has 0 bridgehead atoms. The fourth-order valence-corrected chi connectivity index (χ4v) is 5.49. The van der Waals surface area contributed by atoms with Crippen LogP contribution in [0.15, 0.2) is 60.7 Å². The Morgan fingerprint density at radius 1 is 1.06 bits per heavy atom. The second-order valence-corrected chi connectivity index (χ2v) is 10.3. The lowest BCUT2D eigenvalue weighted by molar-refractivity contribution is 0.0944. The number of halogens is 1. The Kier molecular flexibility index (Phi) is 6.47. The molecule has 0 radical (unpaired) electrons. The maximum atomic E-state index is 13.6. The Labute approximate surface area is 217 Å². The fraction of sp³-hybridized carbons (Fsp3) is 0.185. The Bertz CT molecular complexity index is 1560. The van der Waals surface area contributed by atoms with E-state index in [4.69, 9.17) is 11.6 Å². The first kappa shape index (κ1) is 24.0. The van der Waals surface area contributed by atoms with Gasteiger partial charge < -0.3 is 10.3 Å². The maximum Gasteiger partial charge on any atom is 0.268 e. The van der Waals surface area contributed by atoms with E-state index in [1.807, 2.05) is 47.9 Å². The van der Waals surface area contributed by atoms with Crippen molar-refractivity contribution >= 4 is 45.5 Å². The number of benzene rings is 2. The number of nitrogens with one attached hydrogen (secondary N) is 2. The number of thiophene rings is 1. The minimum Gasteiger partial charge on any atom is -0.351 e. The Morgan fingerprint density at radius 2 is 1.81 bits per heavy atom. The normalized spacial score (nSPS) is 11.4. The van der Waals surface area contributed by atoms with Crippen molar-refractivity contribution in [2.75, 3.05) is 0 Å². The summed E-state index contributed by atoms with van der Waals surface area (Å²) in [6.45, 7) is 6.14. The van der Waals surface area contributed by atoms with Crippen LogP contribution in [-0.4, -0.2) is 31.4 Å². The van der Waals surface area contributed by atoms with Crippen molar-refractivity contribution in [2.24, 2.45) is 0 Å². The first-order chi connectivity index (χ1) is 17.3. The molecule has 9 heteroatoms. The summed E-state index contributed by atoms with van der Waals surface area (Å²) in [5.41, 5.74) is 2.33. The predicted octanol–water partition coefficient (Wildman–Crippen LogP) is 6.06. The van der Waals surface area contributed by atoms with Gasteiger partial charge in [-0.2, -0.15) is 0 Å². The highest BCUT2D eigenvalue weighted by atomic mass is 35.5. The SMILES string of the molecule is Cc1nnc(CNC(=O)c2cc3ccccc3[nH]2)n1-c1sc(C(C)C)cc1C(=O)c1ccccc1Cl. The summed E-state index contributed by atoms with van der Waals surface area (Å²) in [7, 11) is 0. The van der Waals surface area contributed by atoms with Crippen molar-refractivity contribution in [3.8, 4) is 5.00 Å². The van der Waals surface area contributed by atoms with Crippen molar-refractivity contribution in [2.45, 2.75) is 33.2 Å². The van der Waals surface area contributed by atoms with E-state index >= 15 is 0 Å². The third-order valence-corrected chi connectivity index (χ3v) is 7.69. The number of aromatic nitrogens is 4. The van der Waals surface area contributed by atoms with Gasteiger partial charge in [0.2, 0.25) is 0 Å². The van der Waals surface area contributed by atoms with Crippen LogP contribution < -0.4 is 5.32 Å². The van der Waals surface area contributed by atoms with Crippen LogP contribution in [-0.2, 0) is 6.54 Å². The number of H-pyrrole nitrogens is 1. The number of para-hydroxylation sites is 1. The number of hydrogen-bond donors (Lipinski definition) is 2. The molecule has 0 saturated carbocycles. The molecule has 0 atom stereocenters. The monoisotopic (exact) mass is 517 g/mol. The lowest BCUT2D eigenvalue weighted by Gasteiger charge is -2.10. The summed E-state index contributed by atoms with van der Waals surface area (Å²) in [5, 5.41) is 13.5. The number of nitrogens with zero attached hydrogens (tertiary/aromatic N) is 3. The van der Waals surface area contributed by atoms with Crippen LogP contribution in [0.3, 0.4) is 0 Å². The summed E-state index contributed by atoms with van der Waals surface area (Å²) in [6, 6.07) is 18.5. The Balaban J connectivity index is 1.48. The van der Waals surface area contributed by atoms with Crippen molar-refractivity contribution in [1.82, 2.24) is 25.1 Å². The molecule has 3 heterocycles. The molecule has 0 saturated heterocycles. The molecule has 0 aliphatic rings. The number of hydrogen-bond acceptors (Lipinski definition) is 5. The van der Waals surface area contributed by atoms with Crippen LogP contribution in [0.2, 0.25) is 5.02 Å². The topological polar surface area (TPSA) is 92.7 Å². The van der Waals surface area contributed by atoms with Crippen LogP contribution in [0, 0.1) is 6.92 Å².